The van der Waals surface area contributed by atoms with Crippen LogP contribution in [0.15, 0.2) is 12.4 Å². The Morgan fingerprint density at radius 3 is 2.89 bits per heavy atom. The van der Waals surface area contributed by atoms with E-state index in [1.807, 2.05) is 6.07 Å². The van der Waals surface area contributed by atoms with E-state index in [0.717, 1.165) is 37.3 Å². The molecule has 1 saturated carbocycles. The van der Waals surface area contributed by atoms with Gasteiger partial charge in [-0.25, -0.2) is 9.97 Å². The molecule has 0 atom stereocenters. The summed E-state index contributed by atoms with van der Waals surface area (Å²) < 4.78 is 0. The molecule has 1 aliphatic rings. The Balaban J connectivity index is 1.67. The molecule has 0 unspecified atom stereocenters. The average Bonchev–Trinajstić information content (AvgIpc) is 3.19. The standard InChI is InChI=1S/C14H22N4O/c1-10(2)12-8-13(17-9-16-12)15-7-3-4-14(19)18-11-5-6-11/h8-11H,3-7H2,1-2H3,(H,18,19)(H,15,16,17). The van der Waals surface area contributed by atoms with E-state index < -0.39 is 0 Å². The minimum atomic E-state index is 0.162. The van der Waals surface area contributed by atoms with Gasteiger partial charge < -0.3 is 10.6 Å². The van der Waals surface area contributed by atoms with Gasteiger partial charge >= 0.3 is 0 Å². The van der Waals surface area contributed by atoms with Crippen LogP contribution in [0, 0.1) is 0 Å². The fraction of sp³-hybridized carbons (Fsp3) is 0.643. The van der Waals surface area contributed by atoms with Gasteiger partial charge in [-0.05, 0) is 25.2 Å². The topological polar surface area (TPSA) is 66.9 Å². The van der Waals surface area contributed by atoms with Crippen molar-refractivity contribution in [2.45, 2.75) is 51.5 Å². The number of hydrogen-bond donors (Lipinski definition) is 2. The van der Waals surface area contributed by atoms with Gasteiger partial charge in [0.25, 0.3) is 0 Å². The average molecular weight is 262 g/mol. The Labute approximate surface area is 114 Å². The van der Waals surface area contributed by atoms with Gasteiger partial charge in [0, 0.05) is 30.8 Å². The van der Waals surface area contributed by atoms with E-state index in [1.54, 1.807) is 6.33 Å². The Bertz CT molecular complexity index is 429. The first-order valence-electron chi connectivity index (χ1n) is 7.00. The first kappa shape index (κ1) is 13.8. The predicted molar refractivity (Wildman–Crippen MR) is 75.0 cm³/mol. The van der Waals surface area contributed by atoms with Crippen LogP contribution in [0.4, 0.5) is 5.82 Å². The molecule has 1 aromatic heterocycles. The summed E-state index contributed by atoms with van der Waals surface area (Å²) >= 11 is 0. The van der Waals surface area contributed by atoms with Crippen LogP contribution in [-0.2, 0) is 4.79 Å². The van der Waals surface area contributed by atoms with E-state index in [1.165, 1.54) is 0 Å². The number of anilines is 1. The maximum absolute atomic E-state index is 11.5. The summed E-state index contributed by atoms with van der Waals surface area (Å²) in [6.45, 7) is 4.97. The third-order valence-electron chi connectivity index (χ3n) is 3.11. The third-order valence-corrected chi connectivity index (χ3v) is 3.11. The molecule has 0 spiro atoms. The number of nitrogens with zero attached hydrogens (tertiary/aromatic N) is 2. The minimum Gasteiger partial charge on any atom is -0.370 e. The highest BCUT2D eigenvalue weighted by Gasteiger charge is 2.22. The van der Waals surface area contributed by atoms with Crippen molar-refractivity contribution in [2.24, 2.45) is 0 Å². The van der Waals surface area contributed by atoms with Crippen LogP contribution in [0.2, 0.25) is 0 Å². The molecule has 0 bridgehead atoms. The van der Waals surface area contributed by atoms with Gasteiger partial charge in [-0.3, -0.25) is 4.79 Å². The number of amides is 1. The van der Waals surface area contributed by atoms with Gasteiger partial charge in [-0.15, -0.1) is 0 Å². The molecule has 19 heavy (non-hydrogen) atoms. The lowest BCUT2D eigenvalue weighted by Gasteiger charge is -2.08. The van der Waals surface area contributed by atoms with Crippen molar-refractivity contribution in [3.05, 3.63) is 18.1 Å². The zero-order chi connectivity index (χ0) is 13.7. The largest absolute Gasteiger partial charge is 0.370 e. The minimum absolute atomic E-state index is 0.162. The van der Waals surface area contributed by atoms with Crippen LogP contribution in [0.1, 0.15) is 51.1 Å². The number of hydrogen-bond acceptors (Lipinski definition) is 4. The van der Waals surface area contributed by atoms with Crippen molar-refractivity contribution < 1.29 is 4.79 Å². The van der Waals surface area contributed by atoms with Crippen LogP contribution >= 0.6 is 0 Å². The fourth-order valence-electron chi connectivity index (χ4n) is 1.78. The number of aromatic nitrogens is 2. The van der Waals surface area contributed by atoms with Crippen molar-refractivity contribution in [1.82, 2.24) is 15.3 Å². The van der Waals surface area contributed by atoms with Crippen molar-refractivity contribution in [1.29, 1.82) is 0 Å². The van der Waals surface area contributed by atoms with Crippen LogP contribution < -0.4 is 10.6 Å². The number of rotatable bonds is 7. The summed E-state index contributed by atoms with van der Waals surface area (Å²) in [5.41, 5.74) is 1.03. The summed E-state index contributed by atoms with van der Waals surface area (Å²) in [6, 6.07) is 2.42. The summed E-state index contributed by atoms with van der Waals surface area (Å²) in [4.78, 5) is 19.9. The van der Waals surface area contributed by atoms with Crippen LogP contribution in [0.25, 0.3) is 0 Å². The van der Waals surface area contributed by atoms with Crippen LogP contribution in [0.5, 0.6) is 0 Å². The van der Waals surface area contributed by atoms with Gasteiger partial charge in [0.05, 0.1) is 0 Å². The Kier molecular flexibility index (Phi) is 4.71. The molecule has 5 heteroatoms. The van der Waals surface area contributed by atoms with Gasteiger partial charge in [0.2, 0.25) is 5.91 Å². The van der Waals surface area contributed by atoms with Gasteiger partial charge in [-0.1, -0.05) is 13.8 Å². The lowest BCUT2D eigenvalue weighted by atomic mass is 10.1. The highest BCUT2D eigenvalue weighted by Crippen LogP contribution is 2.18. The molecular weight excluding hydrogens is 240 g/mol. The second kappa shape index (κ2) is 6.50. The predicted octanol–water partition coefficient (Wildman–Crippen LogP) is 2.07. The van der Waals surface area contributed by atoms with E-state index in [9.17, 15) is 4.79 Å². The summed E-state index contributed by atoms with van der Waals surface area (Å²) in [7, 11) is 0. The quantitative estimate of drug-likeness (QED) is 0.738. The van der Waals surface area contributed by atoms with Crippen molar-refractivity contribution in [3.63, 3.8) is 0 Å². The maximum atomic E-state index is 11.5. The second-order valence-electron chi connectivity index (χ2n) is 5.35. The molecule has 0 saturated heterocycles. The molecule has 2 rings (SSSR count). The highest BCUT2D eigenvalue weighted by atomic mass is 16.1. The monoisotopic (exact) mass is 262 g/mol. The second-order valence-corrected chi connectivity index (χ2v) is 5.35. The van der Waals surface area contributed by atoms with Crippen LogP contribution in [-0.4, -0.2) is 28.5 Å². The summed E-state index contributed by atoms with van der Waals surface area (Å²) in [6.07, 6.45) is 5.26. The summed E-state index contributed by atoms with van der Waals surface area (Å²) in [5.74, 6) is 1.39. The number of carbonyl (C=O) groups excluding carboxylic acids is 1. The molecule has 1 heterocycles. The summed E-state index contributed by atoms with van der Waals surface area (Å²) in [5, 5.41) is 6.22. The molecule has 0 radical (unpaired) electrons. The van der Waals surface area contributed by atoms with E-state index >= 15 is 0 Å². The Hall–Kier alpha value is -1.65. The molecule has 1 amide bonds. The molecule has 0 aliphatic heterocycles. The Morgan fingerprint density at radius 1 is 1.42 bits per heavy atom. The molecule has 1 aliphatic carbocycles. The molecular formula is C14H22N4O. The number of nitrogens with one attached hydrogen (secondary N) is 2. The van der Waals surface area contributed by atoms with Crippen molar-refractivity contribution >= 4 is 11.7 Å². The lowest BCUT2D eigenvalue weighted by Crippen LogP contribution is -2.25. The van der Waals surface area contributed by atoms with Gasteiger partial charge in [-0.2, -0.15) is 0 Å². The van der Waals surface area contributed by atoms with Gasteiger partial charge in [0.1, 0.15) is 12.1 Å². The Morgan fingerprint density at radius 2 is 2.21 bits per heavy atom. The molecule has 1 aromatic rings. The highest BCUT2D eigenvalue weighted by molar-refractivity contribution is 5.76. The van der Waals surface area contributed by atoms with E-state index in [2.05, 4.69) is 34.4 Å². The fourth-order valence-corrected chi connectivity index (χ4v) is 1.78. The van der Waals surface area contributed by atoms with Crippen molar-refractivity contribution in [2.75, 3.05) is 11.9 Å². The zero-order valence-electron chi connectivity index (χ0n) is 11.6. The molecule has 0 aromatic carbocycles. The maximum Gasteiger partial charge on any atom is 0.220 e. The smallest absolute Gasteiger partial charge is 0.220 e. The molecule has 2 N–H and O–H groups in total. The normalized spacial score (nSPS) is 14.5. The van der Waals surface area contributed by atoms with E-state index in [4.69, 9.17) is 0 Å². The first-order valence-corrected chi connectivity index (χ1v) is 7.00. The lowest BCUT2D eigenvalue weighted by molar-refractivity contribution is -0.121. The molecule has 5 nitrogen and oxygen atoms in total. The zero-order valence-corrected chi connectivity index (χ0v) is 11.6. The van der Waals surface area contributed by atoms with Crippen molar-refractivity contribution in [3.8, 4) is 0 Å². The van der Waals surface area contributed by atoms with E-state index in [-0.39, 0.29) is 5.91 Å². The SMILES string of the molecule is CC(C)c1cc(NCCCC(=O)NC2CC2)ncn1. The molecule has 104 valence electrons. The van der Waals surface area contributed by atoms with Crippen LogP contribution in [0.3, 0.4) is 0 Å². The van der Waals surface area contributed by atoms with Gasteiger partial charge in [0.15, 0.2) is 0 Å². The molecule has 1 fully saturated rings. The first-order chi connectivity index (χ1) is 9.15. The number of carbonyl (C=O) groups is 1. The third kappa shape index (κ3) is 4.85. The van der Waals surface area contributed by atoms with E-state index in [0.29, 0.717) is 18.4 Å².